The van der Waals surface area contributed by atoms with Crippen LogP contribution in [-0.4, -0.2) is 23.0 Å². The quantitative estimate of drug-likeness (QED) is 0.876. The monoisotopic (exact) mass is 289 g/mol. The van der Waals surface area contributed by atoms with Gasteiger partial charge in [0.15, 0.2) is 0 Å². The molecule has 0 saturated carbocycles. The van der Waals surface area contributed by atoms with E-state index in [0.717, 1.165) is 19.3 Å². The van der Waals surface area contributed by atoms with Crippen LogP contribution in [0.5, 0.6) is 0 Å². The molecule has 4 nitrogen and oxygen atoms in total. The fourth-order valence-corrected chi connectivity index (χ4v) is 3.04. The summed E-state index contributed by atoms with van der Waals surface area (Å²) in [5.41, 5.74) is 2.57. The van der Waals surface area contributed by atoms with Crippen LogP contribution in [0.25, 0.3) is 0 Å². The van der Waals surface area contributed by atoms with Crippen LogP contribution in [0.15, 0.2) is 24.3 Å². The number of fused-ring (bicyclic) bond motifs is 1. The molecule has 2 atom stereocenters. The zero-order valence-electron chi connectivity index (χ0n) is 12.6. The molecule has 21 heavy (non-hydrogen) atoms. The van der Waals surface area contributed by atoms with Gasteiger partial charge in [-0.25, -0.2) is 4.79 Å². The first-order valence-electron chi connectivity index (χ1n) is 7.59. The third-order valence-electron chi connectivity index (χ3n) is 4.17. The minimum atomic E-state index is -0.970. The summed E-state index contributed by atoms with van der Waals surface area (Å²) in [6.45, 7) is 3.60. The number of amides is 1. The van der Waals surface area contributed by atoms with E-state index in [1.807, 2.05) is 12.1 Å². The molecule has 0 aromatic heterocycles. The maximum Gasteiger partial charge on any atom is 0.326 e. The summed E-state index contributed by atoms with van der Waals surface area (Å²) < 4.78 is 0. The summed E-state index contributed by atoms with van der Waals surface area (Å²) in [5.74, 6) is -1.05. The average molecular weight is 289 g/mol. The van der Waals surface area contributed by atoms with E-state index >= 15 is 0 Å². The Balaban J connectivity index is 2.02. The van der Waals surface area contributed by atoms with Crippen molar-refractivity contribution in [2.75, 3.05) is 0 Å². The first kappa shape index (κ1) is 15.5. The molecule has 1 aliphatic carbocycles. The van der Waals surface area contributed by atoms with Crippen LogP contribution >= 0.6 is 0 Å². The van der Waals surface area contributed by atoms with Crippen molar-refractivity contribution in [3.63, 3.8) is 0 Å². The van der Waals surface area contributed by atoms with Crippen molar-refractivity contribution in [2.24, 2.45) is 5.92 Å². The summed E-state index contributed by atoms with van der Waals surface area (Å²) in [6.07, 6.45) is 3.51. The lowest BCUT2D eigenvalue weighted by Gasteiger charge is -2.26. The maximum atomic E-state index is 12.2. The summed E-state index contributed by atoms with van der Waals surface area (Å²) >= 11 is 0. The Labute approximate surface area is 125 Å². The number of carboxylic acids is 1. The Bertz CT molecular complexity index is 525. The molecular formula is C17H23NO3. The van der Waals surface area contributed by atoms with Crippen molar-refractivity contribution in [1.29, 1.82) is 0 Å². The van der Waals surface area contributed by atoms with Gasteiger partial charge in [0.1, 0.15) is 6.04 Å². The largest absolute Gasteiger partial charge is 0.480 e. The SMILES string of the molecule is CC(C)[C@@H](NC(=O)CC1CCCc2ccccc21)C(=O)O. The Morgan fingerprint density at radius 1 is 1.33 bits per heavy atom. The highest BCUT2D eigenvalue weighted by Crippen LogP contribution is 2.33. The number of carboxylic acid groups (broad SMARTS) is 1. The third-order valence-corrected chi connectivity index (χ3v) is 4.17. The summed E-state index contributed by atoms with van der Waals surface area (Å²) in [7, 11) is 0. The molecule has 2 N–H and O–H groups in total. The van der Waals surface area contributed by atoms with Crippen molar-refractivity contribution in [1.82, 2.24) is 5.32 Å². The standard InChI is InChI=1S/C17H23NO3/c1-11(2)16(17(20)21)18-15(19)10-13-8-5-7-12-6-3-4-9-14(12)13/h3-4,6,9,11,13,16H,5,7-8,10H2,1-2H3,(H,18,19)(H,20,21)/t13?,16-/m1/s1. The van der Waals surface area contributed by atoms with E-state index in [-0.39, 0.29) is 17.7 Å². The van der Waals surface area contributed by atoms with Gasteiger partial charge in [0.05, 0.1) is 0 Å². The predicted octanol–water partition coefficient (Wildman–Crippen LogP) is 2.72. The number of carbonyl (C=O) groups is 2. The molecule has 1 amide bonds. The molecule has 0 bridgehead atoms. The van der Waals surface area contributed by atoms with Crippen LogP contribution in [-0.2, 0) is 16.0 Å². The lowest BCUT2D eigenvalue weighted by molar-refractivity contribution is -0.143. The van der Waals surface area contributed by atoms with Crippen LogP contribution in [0.1, 0.15) is 50.2 Å². The van der Waals surface area contributed by atoms with E-state index in [2.05, 4.69) is 17.4 Å². The molecule has 2 rings (SSSR count). The molecule has 0 heterocycles. The van der Waals surface area contributed by atoms with Crippen molar-refractivity contribution >= 4 is 11.9 Å². The zero-order valence-corrected chi connectivity index (χ0v) is 12.6. The lowest BCUT2D eigenvalue weighted by Crippen LogP contribution is -2.44. The van der Waals surface area contributed by atoms with E-state index in [1.54, 1.807) is 13.8 Å². The van der Waals surface area contributed by atoms with Crippen LogP contribution < -0.4 is 5.32 Å². The van der Waals surface area contributed by atoms with Gasteiger partial charge in [0.25, 0.3) is 0 Å². The number of hydrogen-bond acceptors (Lipinski definition) is 2. The van der Waals surface area contributed by atoms with Gasteiger partial charge in [-0.1, -0.05) is 38.1 Å². The van der Waals surface area contributed by atoms with Crippen LogP contribution in [0.4, 0.5) is 0 Å². The molecule has 1 aromatic rings. The minimum Gasteiger partial charge on any atom is -0.480 e. The van der Waals surface area contributed by atoms with Crippen molar-refractivity contribution in [3.8, 4) is 0 Å². The minimum absolute atomic E-state index is 0.120. The van der Waals surface area contributed by atoms with E-state index in [9.17, 15) is 9.59 Å². The summed E-state index contributed by atoms with van der Waals surface area (Å²) in [4.78, 5) is 23.3. The van der Waals surface area contributed by atoms with E-state index in [1.165, 1.54) is 11.1 Å². The molecular weight excluding hydrogens is 266 g/mol. The molecule has 0 aliphatic heterocycles. The molecule has 1 unspecified atom stereocenters. The zero-order chi connectivity index (χ0) is 15.4. The smallest absolute Gasteiger partial charge is 0.326 e. The normalized spacial score (nSPS) is 18.9. The molecule has 114 valence electrons. The number of rotatable bonds is 5. The summed E-state index contributed by atoms with van der Waals surface area (Å²) in [5, 5.41) is 11.8. The average Bonchev–Trinajstić information content (AvgIpc) is 2.44. The van der Waals surface area contributed by atoms with Crippen LogP contribution in [0, 0.1) is 5.92 Å². The topological polar surface area (TPSA) is 66.4 Å². The predicted molar refractivity (Wildman–Crippen MR) is 81.1 cm³/mol. The van der Waals surface area contributed by atoms with Crippen LogP contribution in [0.2, 0.25) is 0 Å². The summed E-state index contributed by atoms with van der Waals surface area (Å²) in [6, 6.07) is 7.43. The van der Waals surface area contributed by atoms with Gasteiger partial charge < -0.3 is 10.4 Å². The van der Waals surface area contributed by atoms with Crippen LogP contribution in [0.3, 0.4) is 0 Å². The highest BCUT2D eigenvalue weighted by atomic mass is 16.4. The van der Waals surface area contributed by atoms with Crippen molar-refractivity contribution in [3.05, 3.63) is 35.4 Å². The second-order valence-corrected chi connectivity index (χ2v) is 6.12. The fourth-order valence-electron chi connectivity index (χ4n) is 3.04. The highest BCUT2D eigenvalue weighted by Gasteiger charge is 2.26. The molecule has 0 spiro atoms. The van der Waals surface area contributed by atoms with E-state index in [0.29, 0.717) is 6.42 Å². The first-order chi connectivity index (χ1) is 9.99. The number of carbonyl (C=O) groups excluding carboxylic acids is 1. The Morgan fingerprint density at radius 3 is 2.71 bits per heavy atom. The second-order valence-electron chi connectivity index (χ2n) is 6.12. The first-order valence-corrected chi connectivity index (χ1v) is 7.59. The number of hydrogen-bond donors (Lipinski definition) is 2. The van der Waals surface area contributed by atoms with Gasteiger partial charge in [-0.15, -0.1) is 0 Å². The molecule has 4 heteroatoms. The molecule has 0 fully saturated rings. The molecule has 1 aliphatic rings. The Hall–Kier alpha value is -1.84. The lowest BCUT2D eigenvalue weighted by atomic mass is 9.81. The van der Waals surface area contributed by atoms with Gasteiger partial charge in [-0.05, 0) is 42.2 Å². The van der Waals surface area contributed by atoms with E-state index < -0.39 is 12.0 Å². The number of aryl methyl sites for hydroxylation is 1. The second kappa shape index (κ2) is 6.74. The van der Waals surface area contributed by atoms with Crippen molar-refractivity contribution < 1.29 is 14.7 Å². The van der Waals surface area contributed by atoms with Gasteiger partial charge >= 0.3 is 5.97 Å². The fraction of sp³-hybridized carbons (Fsp3) is 0.529. The number of aliphatic carboxylic acids is 1. The molecule has 0 radical (unpaired) electrons. The Kier molecular flexibility index (Phi) is 4.99. The Morgan fingerprint density at radius 2 is 2.05 bits per heavy atom. The van der Waals surface area contributed by atoms with Gasteiger partial charge in [-0.2, -0.15) is 0 Å². The van der Waals surface area contributed by atoms with Gasteiger partial charge in [-0.3, -0.25) is 4.79 Å². The number of benzene rings is 1. The highest BCUT2D eigenvalue weighted by molar-refractivity contribution is 5.84. The van der Waals surface area contributed by atoms with Crippen molar-refractivity contribution in [2.45, 2.75) is 51.5 Å². The maximum absolute atomic E-state index is 12.2. The molecule has 1 aromatic carbocycles. The van der Waals surface area contributed by atoms with Gasteiger partial charge in [0.2, 0.25) is 5.91 Å². The molecule has 0 saturated heterocycles. The number of nitrogens with one attached hydrogen (secondary N) is 1. The van der Waals surface area contributed by atoms with Gasteiger partial charge in [0, 0.05) is 6.42 Å². The van der Waals surface area contributed by atoms with E-state index in [4.69, 9.17) is 5.11 Å². The third kappa shape index (κ3) is 3.84.